The van der Waals surface area contributed by atoms with E-state index in [0.717, 1.165) is 12.8 Å². The largest absolute Gasteiger partial charge is 0.324 e. The predicted octanol–water partition coefficient (Wildman–Crippen LogP) is 3.02. The normalized spacial score (nSPS) is 11.4. The molecular weight excluding hydrogens is 259 g/mol. The summed E-state index contributed by atoms with van der Waals surface area (Å²) in [5, 5.41) is 4.12. The number of nitrogens with zero attached hydrogens (tertiary/aromatic N) is 1. The first kappa shape index (κ1) is 14.1. The van der Waals surface area contributed by atoms with Crippen molar-refractivity contribution in [2.75, 3.05) is 11.9 Å². The van der Waals surface area contributed by atoms with E-state index < -0.39 is 0 Å². The molecule has 0 unspecified atom stereocenters. The molecule has 0 aliphatic heterocycles. The van der Waals surface area contributed by atoms with Gasteiger partial charge in [0, 0.05) is 11.6 Å². The topological polar surface area (TPSA) is 62.4 Å². The lowest BCUT2D eigenvalue weighted by Crippen LogP contribution is -2.36. The molecule has 0 heterocycles. The number of hydrazine groups is 1. The van der Waals surface area contributed by atoms with Gasteiger partial charge in [-0.1, -0.05) is 36.5 Å². The standard InChI is InChI=1S/C11H16Cl2N4/c1-2-3-6-15-11(17-14)16-10-5-4-8(12)7-9(10)13/h4-5,7H,2-3,6,14H2,1H3,(H2,15,16,17). The van der Waals surface area contributed by atoms with Crippen molar-refractivity contribution in [3.63, 3.8) is 0 Å². The van der Waals surface area contributed by atoms with Crippen LogP contribution in [-0.2, 0) is 0 Å². The van der Waals surface area contributed by atoms with E-state index in [2.05, 4.69) is 22.7 Å². The minimum atomic E-state index is 0.489. The fourth-order valence-corrected chi connectivity index (χ4v) is 1.64. The van der Waals surface area contributed by atoms with Gasteiger partial charge in [-0.25, -0.2) is 5.84 Å². The van der Waals surface area contributed by atoms with Crippen LogP contribution in [0.1, 0.15) is 19.8 Å². The molecule has 0 saturated heterocycles. The zero-order valence-electron chi connectivity index (χ0n) is 9.63. The summed E-state index contributed by atoms with van der Waals surface area (Å²) in [5.74, 6) is 5.86. The Morgan fingerprint density at radius 3 is 2.76 bits per heavy atom. The van der Waals surface area contributed by atoms with Gasteiger partial charge in [0.2, 0.25) is 5.96 Å². The second kappa shape index (κ2) is 7.37. The van der Waals surface area contributed by atoms with Crippen LogP contribution in [-0.4, -0.2) is 12.5 Å². The summed E-state index contributed by atoms with van der Waals surface area (Å²) in [5.41, 5.74) is 3.21. The average Bonchev–Trinajstić information content (AvgIpc) is 2.31. The number of guanidine groups is 1. The van der Waals surface area contributed by atoms with E-state index >= 15 is 0 Å². The molecule has 0 amide bonds. The molecule has 94 valence electrons. The van der Waals surface area contributed by atoms with E-state index in [0.29, 0.717) is 28.2 Å². The van der Waals surface area contributed by atoms with Gasteiger partial charge >= 0.3 is 0 Å². The number of nitrogens with one attached hydrogen (secondary N) is 2. The van der Waals surface area contributed by atoms with Gasteiger partial charge in [0.15, 0.2) is 0 Å². The summed E-state index contributed by atoms with van der Waals surface area (Å²) in [6.07, 6.45) is 2.10. The molecule has 17 heavy (non-hydrogen) atoms. The summed E-state index contributed by atoms with van der Waals surface area (Å²) < 4.78 is 0. The monoisotopic (exact) mass is 274 g/mol. The second-order valence-corrected chi connectivity index (χ2v) is 4.32. The molecule has 4 N–H and O–H groups in total. The van der Waals surface area contributed by atoms with Crippen molar-refractivity contribution in [1.82, 2.24) is 5.43 Å². The van der Waals surface area contributed by atoms with Crippen LogP contribution in [0.4, 0.5) is 5.69 Å². The highest BCUT2D eigenvalue weighted by atomic mass is 35.5. The Kier molecular flexibility index (Phi) is 6.11. The fourth-order valence-electron chi connectivity index (χ4n) is 1.19. The third-order valence-electron chi connectivity index (χ3n) is 2.10. The maximum absolute atomic E-state index is 6.02. The zero-order chi connectivity index (χ0) is 12.7. The molecule has 1 rings (SSSR count). The van der Waals surface area contributed by atoms with Crippen molar-refractivity contribution >= 4 is 34.8 Å². The van der Waals surface area contributed by atoms with Gasteiger partial charge in [-0.15, -0.1) is 0 Å². The van der Waals surface area contributed by atoms with Crippen molar-refractivity contribution in [2.45, 2.75) is 19.8 Å². The molecule has 1 aromatic carbocycles. The molecule has 0 aliphatic carbocycles. The molecule has 0 fully saturated rings. The number of halogens is 2. The first-order chi connectivity index (χ1) is 8.17. The van der Waals surface area contributed by atoms with Gasteiger partial charge in [0.1, 0.15) is 0 Å². The van der Waals surface area contributed by atoms with Crippen molar-refractivity contribution in [2.24, 2.45) is 10.8 Å². The van der Waals surface area contributed by atoms with Gasteiger partial charge in [0.05, 0.1) is 10.7 Å². The molecule has 1 aromatic rings. The van der Waals surface area contributed by atoms with Crippen LogP contribution >= 0.6 is 23.2 Å². The third-order valence-corrected chi connectivity index (χ3v) is 2.65. The van der Waals surface area contributed by atoms with Crippen LogP contribution in [0, 0.1) is 0 Å². The molecule has 0 aromatic heterocycles. The molecule has 0 spiro atoms. The van der Waals surface area contributed by atoms with Gasteiger partial charge in [-0.3, -0.25) is 10.4 Å². The van der Waals surface area contributed by atoms with E-state index in [-0.39, 0.29) is 0 Å². The van der Waals surface area contributed by atoms with Gasteiger partial charge < -0.3 is 5.32 Å². The van der Waals surface area contributed by atoms with Crippen LogP contribution < -0.4 is 16.6 Å². The minimum absolute atomic E-state index is 0.489. The Balaban J connectivity index is 2.70. The Hall–Kier alpha value is -0.970. The summed E-state index contributed by atoms with van der Waals surface area (Å²) >= 11 is 11.8. The Labute approximate surface area is 111 Å². The van der Waals surface area contributed by atoms with Crippen LogP contribution in [0.25, 0.3) is 0 Å². The van der Waals surface area contributed by atoms with Crippen LogP contribution in [0.5, 0.6) is 0 Å². The molecule has 0 saturated carbocycles. The van der Waals surface area contributed by atoms with Crippen LogP contribution in [0.3, 0.4) is 0 Å². The van der Waals surface area contributed by atoms with E-state index in [9.17, 15) is 0 Å². The summed E-state index contributed by atoms with van der Waals surface area (Å²) in [4.78, 5) is 4.27. The highest BCUT2D eigenvalue weighted by molar-refractivity contribution is 6.36. The highest BCUT2D eigenvalue weighted by Gasteiger charge is 2.03. The SMILES string of the molecule is CCCCN=C(NN)Nc1ccc(Cl)cc1Cl. The lowest BCUT2D eigenvalue weighted by atomic mass is 10.3. The highest BCUT2D eigenvalue weighted by Crippen LogP contribution is 2.25. The van der Waals surface area contributed by atoms with Gasteiger partial charge in [-0.05, 0) is 24.6 Å². The number of nitrogens with two attached hydrogens (primary N) is 1. The molecule has 0 atom stereocenters. The predicted molar refractivity (Wildman–Crippen MR) is 74.6 cm³/mol. The van der Waals surface area contributed by atoms with Crippen molar-refractivity contribution in [3.8, 4) is 0 Å². The number of rotatable bonds is 4. The number of anilines is 1. The van der Waals surface area contributed by atoms with E-state index in [1.165, 1.54) is 0 Å². The third kappa shape index (κ3) is 4.81. The van der Waals surface area contributed by atoms with Gasteiger partial charge in [-0.2, -0.15) is 0 Å². The number of hydrogen-bond donors (Lipinski definition) is 3. The van der Waals surface area contributed by atoms with E-state index in [1.807, 2.05) is 0 Å². The van der Waals surface area contributed by atoms with E-state index in [1.54, 1.807) is 18.2 Å². The lowest BCUT2D eigenvalue weighted by molar-refractivity contribution is 0.801. The van der Waals surface area contributed by atoms with Crippen LogP contribution in [0.2, 0.25) is 10.0 Å². The number of hydrogen-bond acceptors (Lipinski definition) is 2. The molecule has 0 radical (unpaired) electrons. The fraction of sp³-hybridized carbons (Fsp3) is 0.364. The quantitative estimate of drug-likeness (QED) is 0.260. The lowest BCUT2D eigenvalue weighted by Gasteiger charge is -2.10. The van der Waals surface area contributed by atoms with Crippen molar-refractivity contribution < 1.29 is 0 Å². The van der Waals surface area contributed by atoms with Crippen molar-refractivity contribution in [3.05, 3.63) is 28.2 Å². The minimum Gasteiger partial charge on any atom is -0.324 e. The summed E-state index contributed by atoms with van der Waals surface area (Å²) in [7, 11) is 0. The van der Waals surface area contributed by atoms with Gasteiger partial charge in [0.25, 0.3) is 0 Å². The van der Waals surface area contributed by atoms with E-state index in [4.69, 9.17) is 29.0 Å². The Morgan fingerprint density at radius 2 is 2.18 bits per heavy atom. The van der Waals surface area contributed by atoms with Crippen molar-refractivity contribution in [1.29, 1.82) is 0 Å². The second-order valence-electron chi connectivity index (χ2n) is 3.48. The Bertz CT molecular complexity index is 393. The Morgan fingerprint density at radius 1 is 1.41 bits per heavy atom. The first-order valence-electron chi connectivity index (χ1n) is 5.40. The maximum Gasteiger partial charge on any atom is 0.210 e. The summed E-state index contributed by atoms with van der Waals surface area (Å²) in [6.45, 7) is 2.82. The number of benzene rings is 1. The molecule has 4 nitrogen and oxygen atoms in total. The first-order valence-corrected chi connectivity index (χ1v) is 6.16. The molecular formula is C11H16Cl2N4. The number of aliphatic imine (C=N–C) groups is 1. The zero-order valence-corrected chi connectivity index (χ0v) is 11.1. The average molecular weight is 275 g/mol. The molecule has 0 bridgehead atoms. The maximum atomic E-state index is 6.02. The number of unbranched alkanes of at least 4 members (excludes halogenated alkanes) is 1. The molecule has 0 aliphatic rings. The summed E-state index contributed by atoms with van der Waals surface area (Å²) in [6, 6.07) is 5.18. The molecule has 6 heteroatoms. The smallest absolute Gasteiger partial charge is 0.210 e. The van der Waals surface area contributed by atoms with Crippen LogP contribution in [0.15, 0.2) is 23.2 Å².